The van der Waals surface area contributed by atoms with Crippen LogP contribution in [0.2, 0.25) is 0 Å². The minimum atomic E-state index is -1.30. The highest BCUT2D eigenvalue weighted by atomic mass is 79.9. The van der Waals surface area contributed by atoms with Crippen molar-refractivity contribution in [3.8, 4) is 0 Å². The molecular formula is C13H9Br2FN2O2. The predicted molar refractivity (Wildman–Crippen MR) is 80.3 cm³/mol. The highest BCUT2D eigenvalue weighted by Crippen LogP contribution is 2.21. The smallest absolute Gasteiger partial charge is 0.338 e. The number of benzene rings is 1. The molecule has 7 heteroatoms. The Bertz CT molecular complexity index is 665. The van der Waals surface area contributed by atoms with Crippen molar-refractivity contribution < 1.29 is 14.3 Å². The topological polar surface area (TPSA) is 62.2 Å². The van der Waals surface area contributed by atoms with E-state index >= 15 is 0 Å². The fourth-order valence-electron chi connectivity index (χ4n) is 1.56. The maximum absolute atomic E-state index is 13.3. The molecule has 0 aliphatic carbocycles. The normalized spacial score (nSPS) is 10.3. The van der Waals surface area contributed by atoms with Gasteiger partial charge in [0.05, 0.1) is 17.8 Å². The number of rotatable bonds is 4. The fraction of sp³-hybridized carbons (Fsp3) is 0.0769. The molecule has 20 heavy (non-hydrogen) atoms. The Morgan fingerprint density at radius 2 is 2.10 bits per heavy atom. The molecule has 1 aromatic heterocycles. The Morgan fingerprint density at radius 1 is 1.35 bits per heavy atom. The molecule has 2 N–H and O–H groups in total. The Morgan fingerprint density at radius 3 is 2.75 bits per heavy atom. The van der Waals surface area contributed by atoms with E-state index in [2.05, 4.69) is 42.2 Å². The average molecular weight is 404 g/mol. The molecule has 2 aromatic rings. The summed E-state index contributed by atoms with van der Waals surface area (Å²) in [4.78, 5) is 15.1. The molecule has 0 saturated heterocycles. The number of halogens is 3. The molecule has 0 bridgehead atoms. The van der Waals surface area contributed by atoms with Gasteiger partial charge in [-0.2, -0.15) is 0 Å². The van der Waals surface area contributed by atoms with Crippen molar-refractivity contribution in [1.82, 2.24) is 4.98 Å². The molecule has 0 spiro atoms. The van der Waals surface area contributed by atoms with Crippen LogP contribution in [0.5, 0.6) is 0 Å². The first kappa shape index (κ1) is 14.9. The Kier molecular flexibility index (Phi) is 4.72. The van der Waals surface area contributed by atoms with Crippen LogP contribution in [0, 0.1) is 5.82 Å². The molecular weight excluding hydrogens is 395 g/mol. The number of carboxylic acid groups (broad SMARTS) is 1. The van der Waals surface area contributed by atoms with Crippen LogP contribution in [-0.2, 0) is 6.54 Å². The maximum Gasteiger partial charge on any atom is 0.338 e. The first-order valence-corrected chi connectivity index (χ1v) is 7.12. The summed E-state index contributed by atoms with van der Waals surface area (Å²) in [7, 11) is 0. The van der Waals surface area contributed by atoms with Crippen LogP contribution in [0.15, 0.2) is 39.4 Å². The number of pyridine rings is 1. The number of hydrogen-bond acceptors (Lipinski definition) is 3. The minimum Gasteiger partial charge on any atom is -0.478 e. The fourth-order valence-corrected chi connectivity index (χ4v) is 2.69. The summed E-state index contributed by atoms with van der Waals surface area (Å²) >= 11 is 6.69. The molecule has 0 aliphatic heterocycles. The molecule has 0 atom stereocenters. The third kappa shape index (κ3) is 3.55. The van der Waals surface area contributed by atoms with Crippen molar-refractivity contribution in [3.63, 3.8) is 0 Å². The van der Waals surface area contributed by atoms with Crippen LogP contribution in [0.1, 0.15) is 16.1 Å². The van der Waals surface area contributed by atoms with E-state index in [0.717, 1.165) is 20.7 Å². The third-order valence-electron chi connectivity index (χ3n) is 2.54. The maximum atomic E-state index is 13.3. The second-order valence-electron chi connectivity index (χ2n) is 3.94. The number of aromatic nitrogens is 1. The molecule has 0 aliphatic rings. The molecule has 0 radical (unpaired) electrons. The summed E-state index contributed by atoms with van der Waals surface area (Å²) in [6.07, 6.45) is 1.66. The van der Waals surface area contributed by atoms with Crippen molar-refractivity contribution >= 4 is 43.5 Å². The van der Waals surface area contributed by atoms with Gasteiger partial charge in [-0.15, -0.1) is 0 Å². The van der Waals surface area contributed by atoms with E-state index in [4.69, 9.17) is 5.11 Å². The number of nitrogens with zero attached hydrogens (tertiary/aromatic N) is 1. The monoisotopic (exact) mass is 402 g/mol. The van der Waals surface area contributed by atoms with E-state index in [-0.39, 0.29) is 5.56 Å². The van der Waals surface area contributed by atoms with Gasteiger partial charge in [-0.3, -0.25) is 4.98 Å². The lowest BCUT2D eigenvalue weighted by Gasteiger charge is -2.09. The van der Waals surface area contributed by atoms with Gasteiger partial charge in [0, 0.05) is 20.8 Å². The van der Waals surface area contributed by atoms with Crippen LogP contribution in [0.3, 0.4) is 0 Å². The molecule has 0 saturated carbocycles. The lowest BCUT2D eigenvalue weighted by molar-refractivity contribution is 0.0692. The van der Waals surface area contributed by atoms with Crippen molar-refractivity contribution in [3.05, 3.63) is 56.5 Å². The second-order valence-corrected chi connectivity index (χ2v) is 5.71. The van der Waals surface area contributed by atoms with E-state index in [1.54, 1.807) is 6.20 Å². The van der Waals surface area contributed by atoms with Crippen LogP contribution >= 0.6 is 31.9 Å². The number of carbonyl (C=O) groups is 1. The van der Waals surface area contributed by atoms with Gasteiger partial charge < -0.3 is 10.4 Å². The van der Waals surface area contributed by atoms with Gasteiger partial charge in [-0.25, -0.2) is 9.18 Å². The number of nitrogens with one attached hydrogen (secondary N) is 1. The zero-order chi connectivity index (χ0) is 14.7. The van der Waals surface area contributed by atoms with Crippen molar-refractivity contribution in [1.29, 1.82) is 0 Å². The number of aromatic carboxylic acids is 1. The van der Waals surface area contributed by atoms with Crippen LogP contribution in [0.4, 0.5) is 10.1 Å². The molecule has 4 nitrogen and oxygen atoms in total. The number of anilines is 1. The number of hydrogen-bond donors (Lipinski definition) is 2. The average Bonchev–Trinajstić information content (AvgIpc) is 2.39. The van der Waals surface area contributed by atoms with Gasteiger partial charge in [0.25, 0.3) is 0 Å². The molecule has 0 unspecified atom stereocenters. The van der Waals surface area contributed by atoms with Crippen molar-refractivity contribution in [2.75, 3.05) is 5.32 Å². The molecule has 0 amide bonds. The molecule has 1 heterocycles. The van der Waals surface area contributed by atoms with Gasteiger partial charge in [-0.1, -0.05) is 0 Å². The van der Waals surface area contributed by atoms with E-state index in [0.29, 0.717) is 12.2 Å². The lowest BCUT2D eigenvalue weighted by atomic mass is 10.2. The molecule has 0 fully saturated rings. The lowest BCUT2D eigenvalue weighted by Crippen LogP contribution is -2.05. The van der Waals surface area contributed by atoms with Crippen molar-refractivity contribution in [2.45, 2.75) is 6.54 Å². The van der Waals surface area contributed by atoms with E-state index < -0.39 is 11.8 Å². The molecule has 1 aromatic carbocycles. The predicted octanol–water partition coefficient (Wildman–Crippen LogP) is 4.06. The highest BCUT2D eigenvalue weighted by Gasteiger charge is 2.11. The summed E-state index contributed by atoms with van der Waals surface area (Å²) in [6, 6.07) is 5.71. The van der Waals surface area contributed by atoms with E-state index in [9.17, 15) is 9.18 Å². The largest absolute Gasteiger partial charge is 0.478 e. The van der Waals surface area contributed by atoms with Gasteiger partial charge in [0.1, 0.15) is 5.82 Å². The highest BCUT2D eigenvalue weighted by molar-refractivity contribution is 9.11. The molecule has 104 valence electrons. The molecule has 2 rings (SSSR count). The van der Waals surface area contributed by atoms with Gasteiger partial charge >= 0.3 is 5.97 Å². The Labute approximate surface area is 131 Å². The van der Waals surface area contributed by atoms with Gasteiger partial charge in [-0.05, 0) is 56.1 Å². The summed E-state index contributed by atoms with van der Waals surface area (Å²) in [5.41, 5.74) is 0.910. The Balaban J connectivity index is 2.15. The van der Waals surface area contributed by atoms with Gasteiger partial charge in [0.2, 0.25) is 0 Å². The number of carboxylic acids is 1. The SMILES string of the molecule is O=C(O)c1cc(NCc2ncc(Br)cc2Br)ccc1F. The zero-order valence-corrected chi connectivity index (χ0v) is 13.2. The van der Waals surface area contributed by atoms with Crippen LogP contribution in [0.25, 0.3) is 0 Å². The summed E-state index contributed by atoms with van der Waals surface area (Å²) < 4.78 is 14.9. The third-order valence-corrected chi connectivity index (χ3v) is 3.66. The van der Waals surface area contributed by atoms with Crippen molar-refractivity contribution in [2.24, 2.45) is 0 Å². The standard InChI is InChI=1S/C13H9Br2FN2O2/c14-7-3-10(15)12(18-5-7)6-17-8-1-2-11(16)9(4-8)13(19)20/h1-5,17H,6H2,(H,19,20). The zero-order valence-electron chi connectivity index (χ0n) is 10.0. The second kappa shape index (κ2) is 6.32. The minimum absolute atomic E-state index is 0.363. The van der Waals surface area contributed by atoms with Gasteiger partial charge in [0.15, 0.2) is 0 Å². The van der Waals surface area contributed by atoms with Crippen LogP contribution < -0.4 is 5.32 Å². The quantitative estimate of drug-likeness (QED) is 0.808. The van der Waals surface area contributed by atoms with E-state index in [1.165, 1.54) is 12.1 Å². The van der Waals surface area contributed by atoms with E-state index in [1.807, 2.05) is 6.07 Å². The van der Waals surface area contributed by atoms with Crippen LogP contribution in [-0.4, -0.2) is 16.1 Å². The summed E-state index contributed by atoms with van der Waals surface area (Å²) in [6.45, 7) is 0.387. The first-order chi connectivity index (χ1) is 9.47. The summed E-state index contributed by atoms with van der Waals surface area (Å²) in [5.74, 6) is -2.06. The summed E-state index contributed by atoms with van der Waals surface area (Å²) in [5, 5.41) is 11.9. The Hall–Kier alpha value is -1.47. The first-order valence-electron chi connectivity index (χ1n) is 5.54.